The van der Waals surface area contributed by atoms with Crippen LogP contribution in [0.25, 0.3) is 0 Å². The first-order valence-electron chi connectivity index (χ1n) is 6.54. The summed E-state index contributed by atoms with van der Waals surface area (Å²) in [5, 5.41) is 0. The minimum atomic E-state index is -4.37. The topological polar surface area (TPSA) is 3.24 Å². The minimum Gasteiger partial charge on any atom is -0.305 e. The SMILES string of the molecule is CN(C)Cc1cc(F)ccc1Sc1cccc(C(F)(F)F)c1. The van der Waals surface area contributed by atoms with Gasteiger partial charge in [0.1, 0.15) is 5.82 Å². The third-order valence-corrected chi connectivity index (χ3v) is 4.01. The van der Waals surface area contributed by atoms with Gasteiger partial charge in [-0.1, -0.05) is 17.8 Å². The van der Waals surface area contributed by atoms with Crippen LogP contribution < -0.4 is 0 Å². The van der Waals surface area contributed by atoms with Crippen molar-refractivity contribution in [1.29, 1.82) is 0 Å². The van der Waals surface area contributed by atoms with Crippen molar-refractivity contribution in [3.05, 3.63) is 59.4 Å². The molecule has 1 nitrogen and oxygen atoms in total. The minimum absolute atomic E-state index is 0.356. The van der Waals surface area contributed by atoms with E-state index in [0.717, 1.165) is 22.6 Å². The van der Waals surface area contributed by atoms with Crippen LogP contribution in [-0.2, 0) is 12.7 Å². The quantitative estimate of drug-likeness (QED) is 0.722. The first-order valence-corrected chi connectivity index (χ1v) is 7.35. The van der Waals surface area contributed by atoms with E-state index in [-0.39, 0.29) is 5.82 Å². The smallest absolute Gasteiger partial charge is 0.305 e. The number of halogens is 4. The van der Waals surface area contributed by atoms with Gasteiger partial charge in [-0.25, -0.2) is 4.39 Å². The monoisotopic (exact) mass is 329 g/mol. The lowest BCUT2D eigenvalue weighted by Gasteiger charge is -2.14. The third-order valence-electron chi connectivity index (χ3n) is 2.90. The number of hydrogen-bond acceptors (Lipinski definition) is 2. The lowest BCUT2D eigenvalue weighted by Crippen LogP contribution is -2.11. The largest absolute Gasteiger partial charge is 0.416 e. The van der Waals surface area contributed by atoms with Crippen LogP contribution in [0.4, 0.5) is 17.6 Å². The van der Waals surface area contributed by atoms with Crippen molar-refractivity contribution in [2.75, 3.05) is 14.1 Å². The maximum atomic E-state index is 13.4. The molecule has 6 heteroatoms. The molecule has 0 saturated heterocycles. The number of rotatable bonds is 4. The zero-order chi connectivity index (χ0) is 16.3. The van der Waals surface area contributed by atoms with Crippen molar-refractivity contribution in [2.45, 2.75) is 22.5 Å². The van der Waals surface area contributed by atoms with Crippen molar-refractivity contribution in [1.82, 2.24) is 4.90 Å². The first-order chi connectivity index (χ1) is 10.3. The van der Waals surface area contributed by atoms with Gasteiger partial charge in [0.2, 0.25) is 0 Å². The molecule has 2 rings (SSSR count). The summed E-state index contributed by atoms with van der Waals surface area (Å²) in [6.45, 7) is 0.513. The van der Waals surface area contributed by atoms with E-state index in [1.54, 1.807) is 12.1 Å². The lowest BCUT2D eigenvalue weighted by atomic mass is 10.2. The molecule has 0 fully saturated rings. The second kappa shape index (κ2) is 6.71. The average Bonchev–Trinajstić information content (AvgIpc) is 2.41. The van der Waals surface area contributed by atoms with E-state index < -0.39 is 11.7 Å². The summed E-state index contributed by atoms with van der Waals surface area (Å²) in [7, 11) is 3.70. The standard InChI is InChI=1S/C16H15F4NS/c1-21(2)10-11-8-13(17)6-7-15(11)22-14-5-3-4-12(9-14)16(18,19)20/h3-9H,10H2,1-2H3. The maximum Gasteiger partial charge on any atom is 0.416 e. The second-order valence-electron chi connectivity index (χ2n) is 5.12. The van der Waals surface area contributed by atoms with Crippen LogP contribution in [0.15, 0.2) is 52.3 Å². The summed E-state index contributed by atoms with van der Waals surface area (Å²) in [4.78, 5) is 3.10. The van der Waals surface area contributed by atoms with Gasteiger partial charge < -0.3 is 4.90 Å². The molecule has 0 N–H and O–H groups in total. The predicted molar refractivity (Wildman–Crippen MR) is 79.4 cm³/mol. The summed E-state index contributed by atoms with van der Waals surface area (Å²) in [5.74, 6) is -0.356. The fourth-order valence-electron chi connectivity index (χ4n) is 1.97. The lowest BCUT2D eigenvalue weighted by molar-refractivity contribution is -0.137. The Hall–Kier alpha value is -1.53. The third kappa shape index (κ3) is 4.48. The van der Waals surface area contributed by atoms with Gasteiger partial charge in [-0.05, 0) is 56.1 Å². The highest BCUT2D eigenvalue weighted by molar-refractivity contribution is 7.99. The second-order valence-corrected chi connectivity index (χ2v) is 6.23. The molecule has 0 aliphatic carbocycles. The molecule has 0 aliphatic rings. The Labute approximate surface area is 130 Å². The predicted octanol–water partition coefficient (Wildman–Crippen LogP) is 5.06. The summed E-state index contributed by atoms with van der Waals surface area (Å²) < 4.78 is 51.6. The fourth-order valence-corrected chi connectivity index (χ4v) is 2.95. The van der Waals surface area contributed by atoms with Gasteiger partial charge in [-0.2, -0.15) is 13.2 Å². The molecule has 0 aliphatic heterocycles. The fraction of sp³-hybridized carbons (Fsp3) is 0.250. The molecule has 0 spiro atoms. The Balaban J connectivity index is 2.31. The molecule has 118 valence electrons. The van der Waals surface area contributed by atoms with E-state index in [4.69, 9.17) is 0 Å². The van der Waals surface area contributed by atoms with Crippen LogP contribution in [0.3, 0.4) is 0 Å². The Kier molecular flexibility index (Phi) is 5.13. The normalized spacial score (nSPS) is 12.0. The molecule has 2 aromatic carbocycles. The zero-order valence-electron chi connectivity index (χ0n) is 12.1. The molecule has 0 unspecified atom stereocenters. The zero-order valence-corrected chi connectivity index (χ0v) is 12.9. The van der Waals surface area contributed by atoms with Gasteiger partial charge in [0, 0.05) is 16.3 Å². The van der Waals surface area contributed by atoms with Crippen molar-refractivity contribution < 1.29 is 17.6 Å². The highest BCUT2D eigenvalue weighted by atomic mass is 32.2. The van der Waals surface area contributed by atoms with Crippen molar-refractivity contribution in [3.8, 4) is 0 Å². The number of nitrogens with zero attached hydrogens (tertiary/aromatic N) is 1. The van der Waals surface area contributed by atoms with Crippen LogP contribution in [0, 0.1) is 5.82 Å². The molecule has 0 aromatic heterocycles. The van der Waals surface area contributed by atoms with E-state index in [2.05, 4.69) is 0 Å². The van der Waals surface area contributed by atoms with Crippen molar-refractivity contribution >= 4 is 11.8 Å². The number of hydrogen-bond donors (Lipinski definition) is 0. The summed E-state index contributed by atoms with van der Waals surface area (Å²) in [6.07, 6.45) is -4.37. The van der Waals surface area contributed by atoms with Crippen molar-refractivity contribution in [2.24, 2.45) is 0 Å². The molecule has 0 amide bonds. The summed E-state index contributed by atoms with van der Waals surface area (Å²) in [6, 6.07) is 9.45. The van der Waals surface area contributed by atoms with Gasteiger partial charge in [0.15, 0.2) is 0 Å². The van der Waals surface area contributed by atoms with Crippen LogP contribution in [0.1, 0.15) is 11.1 Å². The van der Waals surface area contributed by atoms with Gasteiger partial charge in [0.05, 0.1) is 5.56 Å². The van der Waals surface area contributed by atoms with E-state index >= 15 is 0 Å². The van der Waals surface area contributed by atoms with E-state index in [9.17, 15) is 17.6 Å². The van der Waals surface area contributed by atoms with Crippen molar-refractivity contribution in [3.63, 3.8) is 0 Å². The first kappa shape index (κ1) is 16.8. The molecule has 0 saturated carbocycles. The van der Waals surface area contributed by atoms with Gasteiger partial charge in [-0.3, -0.25) is 0 Å². The van der Waals surface area contributed by atoms with Gasteiger partial charge in [0.25, 0.3) is 0 Å². The molecular formula is C16H15F4NS. The molecule has 2 aromatic rings. The van der Waals surface area contributed by atoms with E-state index in [1.807, 2.05) is 19.0 Å². The number of alkyl halides is 3. The molecule has 22 heavy (non-hydrogen) atoms. The number of benzene rings is 2. The van der Waals surface area contributed by atoms with Crippen LogP contribution in [0.5, 0.6) is 0 Å². The highest BCUT2D eigenvalue weighted by Crippen LogP contribution is 2.35. The Morgan fingerprint density at radius 3 is 2.41 bits per heavy atom. The average molecular weight is 329 g/mol. The molecule has 0 radical (unpaired) electrons. The van der Waals surface area contributed by atoms with Crippen LogP contribution in [0.2, 0.25) is 0 Å². The molecule has 0 heterocycles. The Bertz CT molecular complexity index is 653. The van der Waals surface area contributed by atoms with Gasteiger partial charge >= 0.3 is 6.18 Å². The maximum absolute atomic E-state index is 13.4. The highest BCUT2D eigenvalue weighted by Gasteiger charge is 2.30. The Morgan fingerprint density at radius 1 is 1.05 bits per heavy atom. The summed E-state index contributed by atoms with van der Waals surface area (Å²) in [5.41, 5.74) is 0.0567. The van der Waals surface area contributed by atoms with E-state index in [0.29, 0.717) is 11.4 Å². The van der Waals surface area contributed by atoms with Crippen LogP contribution >= 0.6 is 11.8 Å². The molecular weight excluding hydrogens is 314 g/mol. The molecule has 0 bridgehead atoms. The molecule has 0 atom stereocenters. The Morgan fingerprint density at radius 2 is 1.77 bits per heavy atom. The van der Waals surface area contributed by atoms with E-state index in [1.165, 1.54) is 30.0 Å². The summed E-state index contributed by atoms with van der Waals surface area (Å²) >= 11 is 1.20. The van der Waals surface area contributed by atoms with Crippen LogP contribution in [-0.4, -0.2) is 19.0 Å². The van der Waals surface area contributed by atoms with Gasteiger partial charge in [-0.15, -0.1) is 0 Å².